The molecule has 4 nitrogen and oxygen atoms in total. The number of hydrogen-bond donors (Lipinski definition) is 0. The van der Waals surface area contributed by atoms with Crippen LogP contribution in [0.2, 0.25) is 0 Å². The Balaban J connectivity index is 2.90. The molecule has 0 unspecified atom stereocenters. The van der Waals surface area contributed by atoms with Crippen LogP contribution in [-0.2, 0) is 4.74 Å². The Morgan fingerprint density at radius 1 is 1.69 bits per heavy atom. The first-order valence-corrected chi connectivity index (χ1v) is 4.89. The summed E-state index contributed by atoms with van der Waals surface area (Å²) < 4.78 is 5.58. The van der Waals surface area contributed by atoms with Crippen LogP contribution in [0.4, 0.5) is 0 Å². The molecule has 70 valence electrons. The average molecular weight is 292 g/mol. The molecule has 0 saturated heterocycles. The van der Waals surface area contributed by atoms with Gasteiger partial charge in [-0.2, -0.15) is 0 Å². The van der Waals surface area contributed by atoms with E-state index in [1.54, 1.807) is 13.8 Å². The minimum absolute atomic E-state index is 0.264. The van der Waals surface area contributed by atoms with E-state index in [0.29, 0.717) is 6.61 Å². The molecule has 0 aliphatic carbocycles. The molecule has 1 rings (SSSR count). The maximum Gasteiger partial charge on any atom is 0.358 e. The number of aryl methyl sites for hydroxylation is 1. The molecular formula is C8H9IN2O2. The summed E-state index contributed by atoms with van der Waals surface area (Å²) in [6, 6.07) is 0. The molecule has 0 aromatic carbocycles. The first-order chi connectivity index (χ1) is 6.15. The van der Waals surface area contributed by atoms with E-state index in [9.17, 15) is 4.79 Å². The zero-order valence-corrected chi connectivity index (χ0v) is 9.53. The second kappa shape index (κ2) is 4.50. The van der Waals surface area contributed by atoms with Crippen LogP contribution < -0.4 is 0 Å². The molecule has 0 radical (unpaired) electrons. The first-order valence-electron chi connectivity index (χ1n) is 3.81. The predicted octanol–water partition coefficient (Wildman–Crippen LogP) is 1.57. The SMILES string of the molecule is CCOC(=O)c1cnc(I)c(C)n1. The molecule has 0 amide bonds. The van der Waals surface area contributed by atoms with E-state index in [2.05, 4.69) is 32.6 Å². The highest BCUT2D eigenvalue weighted by atomic mass is 127. The second-order valence-electron chi connectivity index (χ2n) is 2.35. The van der Waals surface area contributed by atoms with E-state index in [1.807, 2.05) is 0 Å². The van der Waals surface area contributed by atoms with Crippen molar-refractivity contribution in [1.29, 1.82) is 0 Å². The van der Waals surface area contributed by atoms with Crippen molar-refractivity contribution in [2.45, 2.75) is 13.8 Å². The maximum absolute atomic E-state index is 11.2. The van der Waals surface area contributed by atoms with Gasteiger partial charge in [-0.3, -0.25) is 0 Å². The molecule has 0 aliphatic rings. The summed E-state index contributed by atoms with van der Waals surface area (Å²) in [5.74, 6) is -0.422. The van der Waals surface area contributed by atoms with Gasteiger partial charge in [0.05, 0.1) is 18.5 Å². The molecule has 0 saturated carbocycles. The van der Waals surface area contributed by atoms with Gasteiger partial charge in [-0.1, -0.05) is 0 Å². The van der Waals surface area contributed by atoms with E-state index in [0.717, 1.165) is 9.39 Å². The van der Waals surface area contributed by atoms with Crippen LogP contribution in [0.25, 0.3) is 0 Å². The van der Waals surface area contributed by atoms with Crippen molar-refractivity contribution >= 4 is 28.6 Å². The quantitative estimate of drug-likeness (QED) is 0.613. The number of halogens is 1. The minimum atomic E-state index is -0.422. The Hall–Kier alpha value is -0.720. The molecule has 0 spiro atoms. The topological polar surface area (TPSA) is 52.1 Å². The molecule has 0 N–H and O–H groups in total. The van der Waals surface area contributed by atoms with E-state index in [-0.39, 0.29) is 5.69 Å². The van der Waals surface area contributed by atoms with E-state index < -0.39 is 5.97 Å². The number of carbonyl (C=O) groups excluding carboxylic acids is 1. The van der Waals surface area contributed by atoms with Crippen molar-refractivity contribution < 1.29 is 9.53 Å². The third-order valence-electron chi connectivity index (χ3n) is 1.37. The van der Waals surface area contributed by atoms with Crippen LogP contribution in [-0.4, -0.2) is 22.5 Å². The number of ether oxygens (including phenoxy) is 1. The zero-order chi connectivity index (χ0) is 9.84. The largest absolute Gasteiger partial charge is 0.461 e. The van der Waals surface area contributed by atoms with Gasteiger partial charge in [-0.15, -0.1) is 0 Å². The third-order valence-corrected chi connectivity index (χ3v) is 2.43. The lowest BCUT2D eigenvalue weighted by atomic mass is 10.4. The second-order valence-corrected chi connectivity index (χ2v) is 3.37. The minimum Gasteiger partial charge on any atom is -0.461 e. The van der Waals surface area contributed by atoms with Crippen LogP contribution in [0.15, 0.2) is 6.20 Å². The van der Waals surface area contributed by atoms with Gasteiger partial charge in [-0.25, -0.2) is 14.8 Å². The number of nitrogens with zero attached hydrogens (tertiary/aromatic N) is 2. The summed E-state index contributed by atoms with van der Waals surface area (Å²) in [6.07, 6.45) is 1.42. The number of aromatic nitrogens is 2. The Kier molecular flexibility index (Phi) is 3.58. The monoisotopic (exact) mass is 292 g/mol. The van der Waals surface area contributed by atoms with Gasteiger partial charge in [0.15, 0.2) is 5.69 Å². The summed E-state index contributed by atoms with van der Waals surface area (Å²) in [7, 11) is 0. The van der Waals surface area contributed by atoms with Crippen molar-refractivity contribution in [3.8, 4) is 0 Å². The molecule has 0 bridgehead atoms. The van der Waals surface area contributed by atoms with Gasteiger partial charge in [0.1, 0.15) is 3.70 Å². The van der Waals surface area contributed by atoms with Crippen LogP contribution >= 0.6 is 22.6 Å². The molecule has 1 aromatic rings. The molecule has 1 heterocycles. The van der Waals surface area contributed by atoms with Crippen LogP contribution in [0, 0.1) is 10.6 Å². The number of rotatable bonds is 2. The van der Waals surface area contributed by atoms with Gasteiger partial charge >= 0.3 is 5.97 Å². The predicted molar refractivity (Wildman–Crippen MR) is 55.4 cm³/mol. The molecule has 5 heteroatoms. The summed E-state index contributed by atoms with van der Waals surface area (Å²) >= 11 is 2.06. The number of esters is 1. The average Bonchev–Trinajstić information content (AvgIpc) is 2.10. The Bertz CT molecular complexity index is 328. The van der Waals surface area contributed by atoms with E-state index >= 15 is 0 Å². The van der Waals surface area contributed by atoms with Crippen molar-refractivity contribution in [3.05, 3.63) is 21.3 Å². The fourth-order valence-electron chi connectivity index (χ4n) is 0.770. The van der Waals surface area contributed by atoms with Crippen LogP contribution in [0.3, 0.4) is 0 Å². The zero-order valence-electron chi connectivity index (χ0n) is 7.37. The summed E-state index contributed by atoms with van der Waals surface area (Å²) in [5, 5.41) is 0. The summed E-state index contributed by atoms with van der Waals surface area (Å²) in [5.41, 5.74) is 1.01. The Morgan fingerprint density at radius 3 is 2.92 bits per heavy atom. The van der Waals surface area contributed by atoms with Gasteiger partial charge in [0.2, 0.25) is 0 Å². The lowest BCUT2D eigenvalue weighted by Gasteiger charge is -2.01. The van der Waals surface area contributed by atoms with Crippen molar-refractivity contribution in [3.63, 3.8) is 0 Å². The lowest BCUT2D eigenvalue weighted by molar-refractivity contribution is 0.0518. The fraction of sp³-hybridized carbons (Fsp3) is 0.375. The smallest absolute Gasteiger partial charge is 0.358 e. The van der Waals surface area contributed by atoms with Gasteiger partial charge in [0.25, 0.3) is 0 Å². The molecular weight excluding hydrogens is 283 g/mol. The van der Waals surface area contributed by atoms with Crippen molar-refractivity contribution in [2.75, 3.05) is 6.61 Å². The maximum atomic E-state index is 11.2. The van der Waals surface area contributed by atoms with Crippen LogP contribution in [0.5, 0.6) is 0 Å². The highest BCUT2D eigenvalue weighted by Crippen LogP contribution is 2.06. The number of carbonyl (C=O) groups is 1. The van der Waals surface area contributed by atoms with Gasteiger partial charge in [0, 0.05) is 0 Å². The standard InChI is InChI=1S/C8H9IN2O2/c1-3-13-8(12)6-4-10-7(9)5(2)11-6/h4H,3H2,1-2H3. The number of hydrogen-bond acceptors (Lipinski definition) is 4. The van der Waals surface area contributed by atoms with Crippen molar-refractivity contribution in [2.24, 2.45) is 0 Å². The van der Waals surface area contributed by atoms with Crippen molar-refractivity contribution in [1.82, 2.24) is 9.97 Å². The van der Waals surface area contributed by atoms with Gasteiger partial charge in [-0.05, 0) is 36.4 Å². The lowest BCUT2D eigenvalue weighted by Crippen LogP contribution is -2.09. The normalized spacial score (nSPS) is 9.77. The Labute approximate surface area is 89.9 Å². The molecule has 0 aliphatic heterocycles. The summed E-state index contributed by atoms with van der Waals surface area (Å²) in [4.78, 5) is 19.2. The molecule has 0 atom stereocenters. The molecule has 13 heavy (non-hydrogen) atoms. The highest BCUT2D eigenvalue weighted by Gasteiger charge is 2.09. The molecule has 1 aromatic heterocycles. The third kappa shape index (κ3) is 2.61. The van der Waals surface area contributed by atoms with E-state index in [1.165, 1.54) is 6.20 Å². The Morgan fingerprint density at radius 2 is 2.38 bits per heavy atom. The summed E-state index contributed by atoms with van der Waals surface area (Å²) in [6.45, 7) is 3.91. The first kappa shape index (κ1) is 10.4. The van der Waals surface area contributed by atoms with Gasteiger partial charge < -0.3 is 4.74 Å². The fourth-order valence-corrected chi connectivity index (χ4v) is 1.03. The molecule has 0 fully saturated rings. The van der Waals surface area contributed by atoms with Crippen LogP contribution in [0.1, 0.15) is 23.1 Å². The van der Waals surface area contributed by atoms with E-state index in [4.69, 9.17) is 4.74 Å². The highest BCUT2D eigenvalue weighted by molar-refractivity contribution is 14.1.